The SMILES string of the molecule is COc1ccc(Cn2nnc(-c3c(N4CCC(OCCN)CC4)ccc(S(=O)(=O)NCC(CNC(=O)OC(C)(C)C)O[Si](C)(C)C(C)(C)C)c3S(=O)(=O)N(Cc3ccccc3)Cc3ccccc3)n2)cc1. The number of anilines is 1. The fourth-order valence-electron chi connectivity index (χ4n) is 7.77. The summed E-state index contributed by atoms with van der Waals surface area (Å²) in [6.45, 7) is 16.6. The van der Waals surface area contributed by atoms with E-state index >= 15 is 16.8 Å². The lowest BCUT2D eigenvalue weighted by Crippen LogP contribution is -2.51. The molecule has 0 aliphatic carbocycles. The van der Waals surface area contributed by atoms with Crippen molar-refractivity contribution in [2.45, 2.75) is 120 Å². The molecule has 0 bridgehead atoms. The van der Waals surface area contributed by atoms with Gasteiger partial charge >= 0.3 is 6.09 Å². The number of alkyl carbamates (subject to hydrolysis) is 1. The molecule has 21 heteroatoms. The van der Waals surface area contributed by atoms with Crippen LogP contribution in [0, 0.1) is 0 Å². The molecule has 5 aromatic rings. The maximum atomic E-state index is 16.1. The highest BCUT2D eigenvalue weighted by molar-refractivity contribution is 7.92. The zero-order valence-corrected chi connectivity index (χ0v) is 45.1. The first-order valence-electron chi connectivity index (χ1n) is 23.9. The van der Waals surface area contributed by atoms with Crippen molar-refractivity contribution in [2.24, 2.45) is 5.73 Å². The van der Waals surface area contributed by atoms with Crippen molar-refractivity contribution in [2.75, 3.05) is 51.3 Å². The molecule has 1 amide bonds. The molecule has 1 atom stereocenters. The third-order valence-electron chi connectivity index (χ3n) is 12.4. The maximum absolute atomic E-state index is 16.1. The number of amides is 1. The third kappa shape index (κ3) is 14.9. The largest absolute Gasteiger partial charge is 0.497 e. The van der Waals surface area contributed by atoms with Crippen LogP contribution in [-0.4, -0.2) is 120 Å². The van der Waals surface area contributed by atoms with Crippen LogP contribution in [0.25, 0.3) is 11.4 Å². The average molecular weight is 1030 g/mol. The van der Waals surface area contributed by atoms with Crippen LogP contribution in [0.1, 0.15) is 71.1 Å². The molecule has 4 N–H and O–H groups in total. The van der Waals surface area contributed by atoms with Crippen molar-refractivity contribution in [3.05, 3.63) is 114 Å². The Bertz CT molecular complexity index is 2700. The Labute approximate surface area is 420 Å². The normalized spacial score (nSPS) is 14.7. The Morgan fingerprint density at radius 3 is 2.00 bits per heavy atom. The Hall–Kier alpha value is -5.26. The monoisotopic (exact) mass is 1030 g/mol. The van der Waals surface area contributed by atoms with Gasteiger partial charge in [-0.1, -0.05) is 93.6 Å². The van der Waals surface area contributed by atoms with Gasteiger partial charge in [-0.2, -0.15) is 9.10 Å². The van der Waals surface area contributed by atoms with Crippen LogP contribution < -0.4 is 25.4 Å². The van der Waals surface area contributed by atoms with E-state index in [1.165, 1.54) is 15.2 Å². The molecule has 0 spiro atoms. The molecule has 0 radical (unpaired) electrons. The minimum Gasteiger partial charge on any atom is -0.497 e. The molecule has 1 aliphatic rings. The van der Waals surface area contributed by atoms with Gasteiger partial charge in [-0.3, -0.25) is 0 Å². The van der Waals surface area contributed by atoms with Gasteiger partial charge in [-0.05, 0) is 97.9 Å². The van der Waals surface area contributed by atoms with Gasteiger partial charge in [0, 0.05) is 51.5 Å². The number of carbonyl (C=O) groups excluding carboxylic acids is 1. The van der Waals surface area contributed by atoms with Gasteiger partial charge in [0.1, 0.15) is 21.1 Å². The summed E-state index contributed by atoms with van der Waals surface area (Å²) in [5.41, 5.74) is 7.53. The third-order valence-corrected chi connectivity index (χ3v) is 20.5. The predicted octanol–water partition coefficient (Wildman–Crippen LogP) is 6.93. The van der Waals surface area contributed by atoms with Crippen LogP contribution in [-0.2, 0) is 53.6 Å². The molecule has 1 aliphatic heterocycles. The summed E-state index contributed by atoms with van der Waals surface area (Å²) in [5, 5.41) is 16.1. The fourth-order valence-corrected chi connectivity index (χ4v) is 12.6. The van der Waals surface area contributed by atoms with E-state index in [1.807, 2.05) is 103 Å². The number of nitrogens with one attached hydrogen (secondary N) is 2. The van der Waals surface area contributed by atoms with E-state index in [0.717, 1.165) is 5.56 Å². The second-order valence-electron chi connectivity index (χ2n) is 20.1. The number of hydrogen-bond acceptors (Lipinski definition) is 14. The van der Waals surface area contributed by atoms with Crippen LogP contribution in [0.4, 0.5) is 10.5 Å². The first-order valence-corrected chi connectivity index (χ1v) is 29.7. The Kier molecular flexibility index (Phi) is 18.2. The molecular weight excluding hydrogens is 963 g/mol. The Morgan fingerprint density at radius 2 is 1.45 bits per heavy atom. The van der Waals surface area contributed by atoms with Crippen molar-refractivity contribution < 1.29 is 40.3 Å². The molecule has 0 saturated carbocycles. The van der Waals surface area contributed by atoms with Crippen LogP contribution in [0.3, 0.4) is 0 Å². The van der Waals surface area contributed by atoms with Gasteiger partial charge in [0.15, 0.2) is 8.32 Å². The smallest absolute Gasteiger partial charge is 0.407 e. The Balaban J connectivity index is 1.54. The zero-order chi connectivity index (χ0) is 51.6. The quantitative estimate of drug-likeness (QED) is 0.0599. The highest BCUT2D eigenvalue weighted by atomic mass is 32.2. The van der Waals surface area contributed by atoms with E-state index in [9.17, 15) is 4.79 Å². The van der Waals surface area contributed by atoms with Crippen LogP contribution in [0.15, 0.2) is 107 Å². The number of benzene rings is 4. The zero-order valence-electron chi connectivity index (χ0n) is 42.4. The van der Waals surface area contributed by atoms with Gasteiger partial charge < -0.3 is 34.6 Å². The van der Waals surface area contributed by atoms with Gasteiger partial charge in [-0.15, -0.1) is 10.2 Å². The number of ether oxygens (including phenoxy) is 3. The van der Waals surface area contributed by atoms with E-state index in [-0.39, 0.29) is 55.3 Å². The lowest BCUT2D eigenvalue weighted by Gasteiger charge is -2.39. The number of methoxy groups -OCH3 is 1. The lowest BCUT2D eigenvalue weighted by atomic mass is 10.0. The molecule has 2 heterocycles. The van der Waals surface area contributed by atoms with E-state index < -0.39 is 56.0 Å². The summed E-state index contributed by atoms with van der Waals surface area (Å²) in [7, 11) is -10.6. The number of aromatic nitrogens is 4. The van der Waals surface area contributed by atoms with Gasteiger partial charge in [0.25, 0.3) is 0 Å². The highest BCUT2D eigenvalue weighted by Crippen LogP contribution is 2.42. The molecule has 18 nitrogen and oxygen atoms in total. The van der Waals surface area contributed by atoms with E-state index in [0.29, 0.717) is 61.6 Å². The number of rotatable bonds is 22. The minimum atomic E-state index is -4.84. The number of piperidine rings is 1. The van der Waals surface area contributed by atoms with Crippen molar-refractivity contribution in [1.29, 1.82) is 0 Å². The van der Waals surface area contributed by atoms with E-state index in [4.69, 9.17) is 29.5 Å². The predicted molar refractivity (Wildman–Crippen MR) is 276 cm³/mol. The Morgan fingerprint density at radius 1 is 0.845 bits per heavy atom. The average Bonchev–Trinajstić information content (AvgIpc) is 3.79. The number of nitrogens with two attached hydrogens (primary N) is 1. The lowest BCUT2D eigenvalue weighted by molar-refractivity contribution is 0.0422. The molecule has 1 fully saturated rings. The molecule has 1 aromatic heterocycles. The van der Waals surface area contributed by atoms with Crippen molar-refractivity contribution >= 4 is 40.1 Å². The second-order valence-corrected chi connectivity index (χ2v) is 28.5. The summed E-state index contributed by atoms with van der Waals surface area (Å²) >= 11 is 0. The summed E-state index contributed by atoms with van der Waals surface area (Å²) in [4.78, 5) is 15.2. The van der Waals surface area contributed by atoms with Crippen molar-refractivity contribution in [3.63, 3.8) is 0 Å². The van der Waals surface area contributed by atoms with Gasteiger partial charge in [0.2, 0.25) is 25.9 Å². The molecule has 6 rings (SSSR count). The molecular formula is C50H71N9O9S2Si. The van der Waals surface area contributed by atoms with Crippen molar-refractivity contribution in [1.82, 2.24) is 34.6 Å². The minimum absolute atomic E-state index is 0.0260. The molecule has 386 valence electrons. The van der Waals surface area contributed by atoms with Crippen LogP contribution >= 0.6 is 0 Å². The van der Waals surface area contributed by atoms with Crippen LogP contribution in [0.5, 0.6) is 5.75 Å². The molecule has 1 saturated heterocycles. The van der Waals surface area contributed by atoms with E-state index in [1.54, 1.807) is 33.9 Å². The number of hydrogen-bond donors (Lipinski definition) is 3. The fraction of sp³-hybridized carbons (Fsp3) is 0.480. The molecule has 1 unspecified atom stereocenters. The first kappa shape index (κ1) is 55.1. The number of tetrazole rings is 1. The van der Waals surface area contributed by atoms with Gasteiger partial charge in [0.05, 0.1) is 38.0 Å². The number of sulfonamides is 2. The maximum Gasteiger partial charge on any atom is 0.407 e. The topological polar surface area (TPSA) is 222 Å². The summed E-state index contributed by atoms with van der Waals surface area (Å²) in [6, 6.07) is 28.5. The summed E-state index contributed by atoms with van der Waals surface area (Å²) in [5.74, 6) is 0.572. The van der Waals surface area contributed by atoms with Crippen molar-refractivity contribution in [3.8, 4) is 17.1 Å². The number of carbonyl (C=O) groups is 1. The van der Waals surface area contributed by atoms with E-state index in [2.05, 4.69) is 41.1 Å². The highest BCUT2D eigenvalue weighted by Gasteiger charge is 2.42. The second kappa shape index (κ2) is 23.5. The number of nitrogens with zero attached hydrogens (tertiary/aromatic N) is 6. The first-order chi connectivity index (χ1) is 33.5. The molecule has 4 aromatic carbocycles. The summed E-state index contributed by atoms with van der Waals surface area (Å²) in [6.07, 6.45) is -0.458. The van der Waals surface area contributed by atoms with Gasteiger partial charge in [-0.25, -0.2) is 26.4 Å². The van der Waals surface area contributed by atoms with Crippen LogP contribution in [0.2, 0.25) is 18.1 Å². The molecule has 71 heavy (non-hydrogen) atoms. The standard InChI is InChI=1S/C50H71N9O9S2Si/c1-49(2,3)67-48(60)52-32-42(68-71(8,9)50(4,5)6)33-53-69(61,62)44-25-24-43(57-29-26-41(27-30-57)66-31-28-51)45(47-54-56-59(55-47)36-39-20-22-40(65-7)23-21-39)46(44)70(63,64)58(34-37-16-12-10-13-17-37)35-38-18-14-11-15-19-38/h10-25,41-42,53H,26-36,51H2,1-9H3,(H,52,60). The summed E-state index contributed by atoms with van der Waals surface area (Å²) < 4.78 is 90.3.